The second-order valence-electron chi connectivity index (χ2n) is 9.71. The molecule has 0 aromatic heterocycles. The van der Waals surface area contributed by atoms with Gasteiger partial charge in [0.15, 0.2) is 0 Å². The molecule has 0 saturated carbocycles. The van der Waals surface area contributed by atoms with E-state index in [4.69, 9.17) is 0 Å². The monoisotopic (exact) mass is 515 g/mol. The minimum absolute atomic E-state index is 0.0113. The lowest BCUT2D eigenvalue weighted by molar-refractivity contribution is -0.140. The van der Waals surface area contributed by atoms with Gasteiger partial charge in [-0.1, -0.05) is 42.8 Å². The third-order valence-corrected chi connectivity index (χ3v) is 7.73. The van der Waals surface area contributed by atoms with Gasteiger partial charge in [0.25, 0.3) is 0 Å². The summed E-state index contributed by atoms with van der Waals surface area (Å²) >= 11 is 0. The Balaban J connectivity index is 2.19. The molecule has 1 N–H and O–H groups in total. The van der Waals surface area contributed by atoms with Crippen LogP contribution in [0.25, 0.3) is 0 Å². The van der Waals surface area contributed by atoms with Crippen LogP contribution in [-0.4, -0.2) is 50.0 Å². The van der Waals surface area contributed by atoms with Crippen molar-refractivity contribution in [2.24, 2.45) is 0 Å². The molecule has 0 spiro atoms. The molecule has 2 unspecified atom stereocenters. The van der Waals surface area contributed by atoms with Gasteiger partial charge in [-0.25, -0.2) is 8.42 Å². The van der Waals surface area contributed by atoms with E-state index in [2.05, 4.69) is 5.32 Å². The first-order chi connectivity index (χ1) is 16.8. The maximum absolute atomic E-state index is 13.4. The molecule has 2 atom stereocenters. The fraction of sp³-hybridized carbons (Fsp3) is 0.500. The molecule has 36 heavy (non-hydrogen) atoms. The van der Waals surface area contributed by atoms with E-state index in [0.29, 0.717) is 18.7 Å². The van der Waals surface area contributed by atoms with Crippen molar-refractivity contribution >= 4 is 27.5 Å². The topological polar surface area (TPSA) is 86.8 Å². The SMILES string of the molecule is CCC(C)NC(=O)C(C)N(Cc1cccc(C)c1)C(=O)CCCN(c1ccc(C)c(C)c1)S(C)(=O)=O. The van der Waals surface area contributed by atoms with Crippen LogP contribution in [0, 0.1) is 20.8 Å². The first-order valence-corrected chi connectivity index (χ1v) is 14.4. The average Bonchev–Trinajstić information content (AvgIpc) is 2.80. The molecule has 0 aliphatic heterocycles. The summed E-state index contributed by atoms with van der Waals surface area (Å²) in [5.74, 6) is -0.380. The zero-order chi connectivity index (χ0) is 27.0. The van der Waals surface area contributed by atoms with Gasteiger partial charge < -0.3 is 10.2 Å². The molecule has 2 amide bonds. The maximum Gasteiger partial charge on any atom is 0.242 e. The van der Waals surface area contributed by atoms with Gasteiger partial charge in [-0.05, 0) is 76.3 Å². The highest BCUT2D eigenvalue weighted by Crippen LogP contribution is 2.22. The Hall–Kier alpha value is -2.87. The summed E-state index contributed by atoms with van der Waals surface area (Å²) < 4.78 is 26.4. The zero-order valence-corrected chi connectivity index (χ0v) is 23.5. The predicted molar refractivity (Wildman–Crippen MR) is 146 cm³/mol. The molecular weight excluding hydrogens is 474 g/mol. The molecule has 2 rings (SSSR count). The first kappa shape index (κ1) is 29.4. The highest BCUT2D eigenvalue weighted by Gasteiger charge is 2.27. The largest absolute Gasteiger partial charge is 0.352 e. The van der Waals surface area contributed by atoms with Gasteiger partial charge in [-0.3, -0.25) is 13.9 Å². The zero-order valence-electron chi connectivity index (χ0n) is 22.7. The molecule has 2 aromatic rings. The van der Waals surface area contributed by atoms with E-state index >= 15 is 0 Å². The van der Waals surface area contributed by atoms with Crippen LogP contribution < -0.4 is 9.62 Å². The number of benzene rings is 2. The van der Waals surface area contributed by atoms with E-state index in [0.717, 1.165) is 28.7 Å². The summed E-state index contributed by atoms with van der Waals surface area (Å²) in [6.45, 7) is 12.1. The van der Waals surface area contributed by atoms with Crippen molar-refractivity contribution in [2.75, 3.05) is 17.1 Å². The maximum atomic E-state index is 13.4. The lowest BCUT2D eigenvalue weighted by Gasteiger charge is -2.30. The summed E-state index contributed by atoms with van der Waals surface area (Å²) in [6, 6.07) is 12.8. The van der Waals surface area contributed by atoms with Crippen LogP contribution in [0.15, 0.2) is 42.5 Å². The Kier molecular flexibility index (Phi) is 10.5. The van der Waals surface area contributed by atoms with Crippen molar-refractivity contribution in [3.63, 3.8) is 0 Å². The molecule has 2 aromatic carbocycles. The number of hydrogen-bond donors (Lipinski definition) is 1. The Morgan fingerprint density at radius 1 is 1.00 bits per heavy atom. The number of carbonyl (C=O) groups is 2. The molecule has 0 aliphatic rings. The molecule has 0 fully saturated rings. The van der Waals surface area contributed by atoms with Gasteiger partial charge >= 0.3 is 0 Å². The van der Waals surface area contributed by atoms with Crippen LogP contribution in [0.2, 0.25) is 0 Å². The van der Waals surface area contributed by atoms with E-state index in [1.54, 1.807) is 17.9 Å². The number of hydrogen-bond acceptors (Lipinski definition) is 4. The number of amides is 2. The Labute approximate surface area is 216 Å². The molecule has 0 bridgehead atoms. The number of sulfonamides is 1. The predicted octanol–water partition coefficient (Wildman–Crippen LogP) is 4.49. The van der Waals surface area contributed by atoms with Gasteiger partial charge in [-0.2, -0.15) is 0 Å². The van der Waals surface area contributed by atoms with Crippen LogP contribution in [0.5, 0.6) is 0 Å². The molecule has 8 heteroatoms. The molecule has 7 nitrogen and oxygen atoms in total. The normalized spacial score (nSPS) is 13.1. The summed E-state index contributed by atoms with van der Waals surface area (Å²) in [7, 11) is -3.52. The number of aryl methyl sites for hydroxylation is 3. The fourth-order valence-electron chi connectivity index (χ4n) is 3.94. The van der Waals surface area contributed by atoms with Crippen molar-refractivity contribution in [1.82, 2.24) is 10.2 Å². The van der Waals surface area contributed by atoms with E-state index in [1.165, 1.54) is 10.6 Å². The first-order valence-electron chi connectivity index (χ1n) is 12.5. The van der Waals surface area contributed by atoms with Crippen LogP contribution >= 0.6 is 0 Å². The molecule has 0 saturated heterocycles. The van der Waals surface area contributed by atoms with Crippen molar-refractivity contribution in [3.05, 3.63) is 64.7 Å². The summed E-state index contributed by atoms with van der Waals surface area (Å²) in [6.07, 6.45) is 2.44. The smallest absolute Gasteiger partial charge is 0.242 e. The van der Waals surface area contributed by atoms with E-state index in [-0.39, 0.29) is 30.8 Å². The fourth-order valence-corrected chi connectivity index (χ4v) is 4.90. The number of anilines is 1. The standard InChI is InChI=1S/C28H41N3O4S/c1-8-23(5)29-28(33)24(6)30(19-25-12-9-11-20(2)17-25)27(32)13-10-16-31(36(7,34)35)26-15-14-21(3)22(4)18-26/h9,11-12,14-15,17-18,23-24H,8,10,13,16,19H2,1-7H3,(H,29,33). The number of rotatable bonds is 12. The number of nitrogens with zero attached hydrogens (tertiary/aromatic N) is 2. The van der Waals surface area contributed by atoms with E-state index < -0.39 is 16.1 Å². The summed E-state index contributed by atoms with van der Waals surface area (Å²) in [4.78, 5) is 27.8. The Morgan fingerprint density at radius 3 is 2.28 bits per heavy atom. The van der Waals surface area contributed by atoms with Gasteiger partial charge in [0.2, 0.25) is 21.8 Å². The quantitative estimate of drug-likeness (QED) is 0.451. The highest BCUT2D eigenvalue weighted by atomic mass is 32.2. The molecule has 0 heterocycles. The Morgan fingerprint density at radius 2 is 1.69 bits per heavy atom. The van der Waals surface area contributed by atoms with Crippen molar-refractivity contribution in [1.29, 1.82) is 0 Å². The molecule has 198 valence electrons. The van der Waals surface area contributed by atoms with Gasteiger partial charge in [0.05, 0.1) is 11.9 Å². The third kappa shape index (κ3) is 8.36. The Bertz CT molecular complexity index is 1160. The van der Waals surface area contributed by atoms with Crippen molar-refractivity contribution in [2.45, 2.75) is 79.4 Å². The summed E-state index contributed by atoms with van der Waals surface area (Å²) in [5.41, 5.74) is 4.70. The lowest BCUT2D eigenvalue weighted by Crippen LogP contribution is -2.49. The average molecular weight is 516 g/mol. The lowest BCUT2D eigenvalue weighted by atomic mass is 10.1. The van der Waals surface area contributed by atoms with Gasteiger partial charge in [-0.15, -0.1) is 0 Å². The second kappa shape index (κ2) is 12.9. The second-order valence-corrected chi connectivity index (χ2v) is 11.6. The number of carbonyl (C=O) groups excluding carboxylic acids is 2. The third-order valence-electron chi connectivity index (χ3n) is 6.53. The highest BCUT2D eigenvalue weighted by molar-refractivity contribution is 7.92. The van der Waals surface area contributed by atoms with Gasteiger partial charge in [0.1, 0.15) is 6.04 Å². The molecule has 0 radical (unpaired) electrons. The van der Waals surface area contributed by atoms with Crippen LogP contribution in [0.1, 0.15) is 62.3 Å². The minimum atomic E-state index is -3.52. The van der Waals surface area contributed by atoms with Crippen molar-refractivity contribution in [3.8, 4) is 0 Å². The van der Waals surface area contributed by atoms with Crippen molar-refractivity contribution < 1.29 is 18.0 Å². The molecule has 0 aliphatic carbocycles. The number of nitrogens with one attached hydrogen (secondary N) is 1. The van der Waals surface area contributed by atoms with Crippen LogP contribution in [0.3, 0.4) is 0 Å². The minimum Gasteiger partial charge on any atom is -0.352 e. The van der Waals surface area contributed by atoms with E-state index in [9.17, 15) is 18.0 Å². The van der Waals surface area contributed by atoms with Crippen LogP contribution in [-0.2, 0) is 26.2 Å². The van der Waals surface area contributed by atoms with Gasteiger partial charge in [0, 0.05) is 25.6 Å². The van der Waals surface area contributed by atoms with Crippen LogP contribution in [0.4, 0.5) is 5.69 Å². The van der Waals surface area contributed by atoms with E-state index in [1.807, 2.05) is 71.0 Å². The molecular formula is C28H41N3O4S. The summed E-state index contributed by atoms with van der Waals surface area (Å²) in [5, 5.41) is 2.97.